The smallest absolute Gasteiger partial charge is 0.254 e. The van der Waals surface area contributed by atoms with Gasteiger partial charge in [-0.05, 0) is 37.1 Å². The van der Waals surface area contributed by atoms with Crippen LogP contribution in [0, 0.1) is 6.92 Å². The van der Waals surface area contributed by atoms with Crippen LogP contribution < -0.4 is 15.6 Å². The van der Waals surface area contributed by atoms with Gasteiger partial charge >= 0.3 is 0 Å². The summed E-state index contributed by atoms with van der Waals surface area (Å²) in [6, 6.07) is 16.8. The van der Waals surface area contributed by atoms with E-state index in [9.17, 15) is 9.59 Å². The zero-order valence-corrected chi connectivity index (χ0v) is 15.0. The third-order valence-electron chi connectivity index (χ3n) is 4.34. The molecule has 0 aliphatic heterocycles. The SMILES string of the molecule is Cc1ccccc1NC(=O)CCCOc1cc(=O)n(C)c2ccccc12. The second kappa shape index (κ2) is 7.87. The molecule has 0 atom stereocenters. The van der Waals surface area contributed by atoms with Crippen LogP contribution in [0.3, 0.4) is 0 Å². The van der Waals surface area contributed by atoms with Crippen molar-refractivity contribution in [3.8, 4) is 5.75 Å². The molecule has 0 saturated heterocycles. The summed E-state index contributed by atoms with van der Waals surface area (Å²) in [6.07, 6.45) is 0.929. The van der Waals surface area contributed by atoms with Crippen LogP contribution in [0.1, 0.15) is 18.4 Å². The number of ether oxygens (including phenoxy) is 1. The lowest BCUT2D eigenvalue weighted by molar-refractivity contribution is -0.116. The topological polar surface area (TPSA) is 60.3 Å². The van der Waals surface area contributed by atoms with Gasteiger partial charge in [-0.15, -0.1) is 0 Å². The summed E-state index contributed by atoms with van der Waals surface area (Å²) in [5.41, 5.74) is 2.57. The first kappa shape index (κ1) is 17.7. The highest BCUT2D eigenvalue weighted by Gasteiger charge is 2.08. The summed E-state index contributed by atoms with van der Waals surface area (Å²) in [4.78, 5) is 24.1. The van der Waals surface area contributed by atoms with Crippen molar-refractivity contribution in [2.24, 2.45) is 7.05 Å². The van der Waals surface area contributed by atoms with E-state index in [0.29, 0.717) is 25.2 Å². The predicted molar refractivity (Wildman–Crippen MR) is 104 cm³/mol. The molecule has 1 amide bonds. The van der Waals surface area contributed by atoms with Crippen molar-refractivity contribution in [3.05, 3.63) is 70.5 Å². The summed E-state index contributed by atoms with van der Waals surface area (Å²) in [7, 11) is 1.74. The molecule has 3 rings (SSSR count). The van der Waals surface area contributed by atoms with E-state index in [1.165, 1.54) is 6.07 Å². The average Bonchev–Trinajstić information content (AvgIpc) is 2.64. The van der Waals surface area contributed by atoms with E-state index in [1.807, 2.05) is 55.5 Å². The van der Waals surface area contributed by atoms with Crippen molar-refractivity contribution < 1.29 is 9.53 Å². The molecule has 0 spiro atoms. The fourth-order valence-corrected chi connectivity index (χ4v) is 2.84. The summed E-state index contributed by atoms with van der Waals surface area (Å²) >= 11 is 0. The zero-order valence-electron chi connectivity index (χ0n) is 15.0. The predicted octanol–water partition coefficient (Wildman–Crippen LogP) is 3.64. The fraction of sp³-hybridized carbons (Fsp3) is 0.238. The van der Waals surface area contributed by atoms with Gasteiger partial charge in [0, 0.05) is 30.6 Å². The second-order valence-electron chi connectivity index (χ2n) is 6.24. The molecule has 134 valence electrons. The molecule has 0 saturated carbocycles. The molecule has 1 heterocycles. The molecular weight excluding hydrogens is 328 g/mol. The van der Waals surface area contributed by atoms with Gasteiger partial charge in [-0.1, -0.05) is 30.3 Å². The lowest BCUT2D eigenvalue weighted by atomic mass is 10.2. The number of carbonyl (C=O) groups is 1. The van der Waals surface area contributed by atoms with Crippen molar-refractivity contribution in [2.45, 2.75) is 19.8 Å². The molecule has 0 fully saturated rings. The number of fused-ring (bicyclic) bond motifs is 1. The first-order valence-electron chi connectivity index (χ1n) is 8.63. The Bertz CT molecular complexity index is 992. The van der Waals surface area contributed by atoms with Crippen LogP contribution in [0.4, 0.5) is 5.69 Å². The van der Waals surface area contributed by atoms with E-state index in [4.69, 9.17) is 4.74 Å². The number of para-hydroxylation sites is 2. The van der Waals surface area contributed by atoms with Crippen molar-refractivity contribution >= 4 is 22.5 Å². The number of nitrogens with zero attached hydrogens (tertiary/aromatic N) is 1. The maximum absolute atomic E-state index is 12.1. The van der Waals surface area contributed by atoms with Crippen molar-refractivity contribution in [3.63, 3.8) is 0 Å². The normalized spacial score (nSPS) is 10.7. The maximum atomic E-state index is 12.1. The number of hydrogen-bond acceptors (Lipinski definition) is 3. The molecule has 0 aliphatic carbocycles. The molecule has 0 unspecified atom stereocenters. The maximum Gasteiger partial charge on any atom is 0.254 e. The Hall–Kier alpha value is -3.08. The molecular formula is C21H22N2O3. The largest absolute Gasteiger partial charge is 0.493 e. The van der Waals surface area contributed by atoms with E-state index in [2.05, 4.69) is 5.32 Å². The zero-order chi connectivity index (χ0) is 18.5. The summed E-state index contributed by atoms with van der Waals surface area (Å²) < 4.78 is 7.38. The van der Waals surface area contributed by atoms with E-state index in [0.717, 1.165) is 22.2 Å². The van der Waals surface area contributed by atoms with Crippen molar-refractivity contribution in [1.29, 1.82) is 0 Å². The fourth-order valence-electron chi connectivity index (χ4n) is 2.84. The molecule has 2 aromatic carbocycles. The number of hydrogen-bond donors (Lipinski definition) is 1. The van der Waals surface area contributed by atoms with Crippen LogP contribution >= 0.6 is 0 Å². The highest BCUT2D eigenvalue weighted by Crippen LogP contribution is 2.23. The van der Waals surface area contributed by atoms with Gasteiger partial charge in [0.25, 0.3) is 5.56 Å². The third kappa shape index (κ3) is 3.94. The molecule has 0 bridgehead atoms. The Labute approximate surface area is 152 Å². The third-order valence-corrected chi connectivity index (χ3v) is 4.34. The Morgan fingerprint density at radius 1 is 1.12 bits per heavy atom. The van der Waals surface area contributed by atoms with Crippen molar-refractivity contribution in [1.82, 2.24) is 4.57 Å². The number of benzene rings is 2. The van der Waals surface area contributed by atoms with Gasteiger partial charge in [0.1, 0.15) is 5.75 Å². The molecule has 5 nitrogen and oxygen atoms in total. The minimum atomic E-state index is -0.115. The minimum Gasteiger partial charge on any atom is -0.493 e. The van der Waals surface area contributed by atoms with E-state index < -0.39 is 0 Å². The molecule has 1 N–H and O–H groups in total. The van der Waals surface area contributed by atoms with E-state index in [1.54, 1.807) is 11.6 Å². The number of aromatic nitrogens is 1. The highest BCUT2D eigenvalue weighted by atomic mass is 16.5. The average molecular weight is 350 g/mol. The number of carbonyl (C=O) groups excluding carboxylic acids is 1. The molecule has 1 aromatic heterocycles. The Kier molecular flexibility index (Phi) is 5.37. The Morgan fingerprint density at radius 3 is 2.65 bits per heavy atom. The van der Waals surface area contributed by atoms with Gasteiger partial charge < -0.3 is 14.6 Å². The summed E-state index contributed by atoms with van der Waals surface area (Å²) in [6.45, 7) is 2.33. The second-order valence-corrected chi connectivity index (χ2v) is 6.24. The molecule has 5 heteroatoms. The van der Waals surface area contributed by atoms with Gasteiger partial charge in [0.15, 0.2) is 0 Å². The van der Waals surface area contributed by atoms with Gasteiger partial charge in [0.2, 0.25) is 5.91 Å². The number of pyridine rings is 1. The first-order chi connectivity index (χ1) is 12.6. The Morgan fingerprint density at radius 2 is 1.85 bits per heavy atom. The molecule has 0 radical (unpaired) electrons. The number of aryl methyl sites for hydroxylation is 2. The van der Waals surface area contributed by atoms with Crippen LogP contribution in [0.5, 0.6) is 5.75 Å². The van der Waals surface area contributed by atoms with E-state index >= 15 is 0 Å². The quantitative estimate of drug-likeness (QED) is 0.691. The van der Waals surface area contributed by atoms with Gasteiger partial charge in [-0.3, -0.25) is 9.59 Å². The number of nitrogens with one attached hydrogen (secondary N) is 1. The van der Waals surface area contributed by atoms with Crippen molar-refractivity contribution in [2.75, 3.05) is 11.9 Å². The first-order valence-corrected chi connectivity index (χ1v) is 8.63. The van der Waals surface area contributed by atoms with Crippen LogP contribution in [0.2, 0.25) is 0 Å². The van der Waals surface area contributed by atoms with Crippen LogP contribution in [-0.2, 0) is 11.8 Å². The standard InChI is InChI=1S/C21H22N2O3/c1-15-8-3-5-10-17(15)22-20(24)12-7-13-26-19-14-21(25)23(2)18-11-6-4-9-16(18)19/h3-6,8-11,14H,7,12-13H2,1-2H3,(H,22,24). The van der Waals surface area contributed by atoms with Crippen LogP contribution in [-0.4, -0.2) is 17.1 Å². The van der Waals surface area contributed by atoms with Gasteiger partial charge in [-0.25, -0.2) is 0 Å². The molecule has 26 heavy (non-hydrogen) atoms. The van der Waals surface area contributed by atoms with Crippen LogP contribution in [0.25, 0.3) is 10.9 Å². The lowest BCUT2D eigenvalue weighted by Gasteiger charge is -2.12. The van der Waals surface area contributed by atoms with E-state index in [-0.39, 0.29) is 11.5 Å². The summed E-state index contributed by atoms with van der Waals surface area (Å²) in [5.74, 6) is 0.514. The molecule has 3 aromatic rings. The van der Waals surface area contributed by atoms with Crippen LogP contribution in [0.15, 0.2) is 59.4 Å². The number of anilines is 1. The minimum absolute atomic E-state index is 0.0447. The van der Waals surface area contributed by atoms with Gasteiger partial charge in [0.05, 0.1) is 12.1 Å². The summed E-state index contributed by atoms with van der Waals surface area (Å²) in [5, 5.41) is 3.80. The Balaban J connectivity index is 1.58. The molecule has 0 aliphatic rings. The number of rotatable bonds is 6. The highest BCUT2D eigenvalue weighted by molar-refractivity contribution is 5.91. The number of amides is 1. The van der Waals surface area contributed by atoms with Gasteiger partial charge in [-0.2, -0.15) is 0 Å². The lowest BCUT2D eigenvalue weighted by Crippen LogP contribution is -2.17. The monoisotopic (exact) mass is 350 g/mol.